The topological polar surface area (TPSA) is 0 Å². The van der Waals surface area contributed by atoms with Crippen LogP contribution in [0.15, 0.2) is 11.6 Å². The van der Waals surface area contributed by atoms with Crippen molar-refractivity contribution in [3.05, 3.63) is 11.6 Å². The first-order valence-corrected chi connectivity index (χ1v) is 6.23. The molecule has 2 aliphatic rings. The first-order valence-electron chi connectivity index (χ1n) is 6.23. The summed E-state index contributed by atoms with van der Waals surface area (Å²) in [7, 11) is 0. The third kappa shape index (κ3) is 4.30. The van der Waals surface area contributed by atoms with Crippen LogP contribution in [0.2, 0.25) is 0 Å². The highest BCUT2D eigenvalue weighted by Gasteiger charge is 2.15. The second-order valence-corrected chi connectivity index (χ2v) is 5.62. The molecular weight excluding hydrogens is 168 g/mol. The van der Waals surface area contributed by atoms with Crippen LogP contribution < -0.4 is 0 Å². The zero-order valence-corrected chi connectivity index (χ0v) is 10.3. The normalized spacial score (nSPS) is 36.3. The Kier molecular flexibility index (Phi) is 4.71. The van der Waals surface area contributed by atoms with Crippen LogP contribution in [0.3, 0.4) is 0 Å². The Bertz CT molecular complexity index is 182. The summed E-state index contributed by atoms with van der Waals surface area (Å²) in [5.41, 5.74) is 1.58. The van der Waals surface area contributed by atoms with Crippen LogP contribution in [0.1, 0.15) is 59.8 Å². The molecule has 2 aliphatic carbocycles. The van der Waals surface area contributed by atoms with Crippen LogP contribution in [0.4, 0.5) is 0 Å². The summed E-state index contributed by atoms with van der Waals surface area (Å²) in [6, 6.07) is 0. The molecule has 0 nitrogen and oxygen atoms in total. The Morgan fingerprint density at radius 3 is 1.71 bits per heavy atom. The monoisotopic (exact) mass is 194 g/mol. The van der Waals surface area contributed by atoms with Gasteiger partial charge in [-0.3, -0.25) is 0 Å². The Labute approximate surface area is 89.8 Å². The second kappa shape index (κ2) is 5.58. The van der Waals surface area contributed by atoms with Crippen LogP contribution >= 0.6 is 0 Å². The van der Waals surface area contributed by atoms with Crippen molar-refractivity contribution in [3.63, 3.8) is 0 Å². The maximum Gasteiger partial charge on any atom is -0.0294 e. The Morgan fingerprint density at radius 1 is 1.00 bits per heavy atom. The molecule has 0 spiro atoms. The molecule has 0 amide bonds. The summed E-state index contributed by atoms with van der Waals surface area (Å²) in [4.78, 5) is 0. The maximum absolute atomic E-state index is 2.35. The van der Waals surface area contributed by atoms with Crippen molar-refractivity contribution >= 4 is 0 Å². The zero-order valence-electron chi connectivity index (χ0n) is 10.3. The van der Waals surface area contributed by atoms with Gasteiger partial charge in [0.2, 0.25) is 0 Å². The summed E-state index contributed by atoms with van der Waals surface area (Å²) in [5, 5.41) is 0. The average Bonchev–Trinajstić information content (AvgIpc) is 2.63. The lowest BCUT2D eigenvalue weighted by atomic mass is 10.1. The van der Waals surface area contributed by atoms with E-state index in [9.17, 15) is 0 Å². The third-order valence-electron chi connectivity index (χ3n) is 3.50. The molecule has 0 bridgehead atoms. The van der Waals surface area contributed by atoms with E-state index in [1.54, 1.807) is 5.57 Å². The van der Waals surface area contributed by atoms with Crippen molar-refractivity contribution in [2.45, 2.75) is 59.8 Å². The Hall–Kier alpha value is -0.260. The SMILES string of the molecule is CC1=CCC(C)C1.CC1CCC(C)C1. The standard InChI is InChI=1S/C7H14.C7H12/c2*1-6-3-4-7(2)5-6/h6-7H,3-5H2,1-2H3;3,7H,4-5H2,1-2H3. The highest BCUT2D eigenvalue weighted by atomic mass is 14.2. The van der Waals surface area contributed by atoms with Gasteiger partial charge in [0.15, 0.2) is 0 Å². The van der Waals surface area contributed by atoms with Crippen molar-refractivity contribution in [1.29, 1.82) is 0 Å². The lowest BCUT2D eigenvalue weighted by Gasteiger charge is -1.96. The molecule has 0 heteroatoms. The second-order valence-electron chi connectivity index (χ2n) is 5.62. The van der Waals surface area contributed by atoms with Gasteiger partial charge in [0, 0.05) is 0 Å². The molecular formula is C14H26. The van der Waals surface area contributed by atoms with Crippen LogP contribution in [0.25, 0.3) is 0 Å². The molecule has 0 N–H and O–H groups in total. The maximum atomic E-state index is 2.35. The lowest BCUT2D eigenvalue weighted by Crippen LogP contribution is -1.84. The van der Waals surface area contributed by atoms with E-state index in [0.29, 0.717) is 0 Å². The summed E-state index contributed by atoms with van der Waals surface area (Å²) >= 11 is 0. The fourth-order valence-corrected chi connectivity index (χ4v) is 2.61. The number of hydrogen-bond acceptors (Lipinski definition) is 0. The molecule has 82 valence electrons. The van der Waals surface area contributed by atoms with Gasteiger partial charge < -0.3 is 0 Å². The van der Waals surface area contributed by atoms with Crippen molar-refractivity contribution < 1.29 is 0 Å². The van der Waals surface area contributed by atoms with Gasteiger partial charge in [-0.1, -0.05) is 45.3 Å². The smallest absolute Gasteiger partial charge is 0.0294 e. The van der Waals surface area contributed by atoms with E-state index in [0.717, 1.165) is 17.8 Å². The van der Waals surface area contributed by atoms with Crippen LogP contribution in [-0.2, 0) is 0 Å². The van der Waals surface area contributed by atoms with Gasteiger partial charge in [0.1, 0.15) is 0 Å². The largest absolute Gasteiger partial charge is 0.0853 e. The van der Waals surface area contributed by atoms with E-state index in [2.05, 4.69) is 33.8 Å². The molecule has 2 rings (SSSR count). The van der Waals surface area contributed by atoms with Crippen molar-refractivity contribution in [1.82, 2.24) is 0 Å². The molecule has 0 radical (unpaired) electrons. The summed E-state index contributed by atoms with van der Waals surface area (Å²) < 4.78 is 0. The van der Waals surface area contributed by atoms with Gasteiger partial charge in [-0.2, -0.15) is 0 Å². The first kappa shape index (κ1) is 11.8. The highest BCUT2D eigenvalue weighted by Crippen LogP contribution is 2.29. The molecule has 14 heavy (non-hydrogen) atoms. The van der Waals surface area contributed by atoms with Crippen molar-refractivity contribution in [3.8, 4) is 0 Å². The Morgan fingerprint density at radius 2 is 1.57 bits per heavy atom. The summed E-state index contributed by atoms with van der Waals surface area (Å²) in [6.45, 7) is 9.21. The zero-order chi connectivity index (χ0) is 10.6. The van der Waals surface area contributed by atoms with Gasteiger partial charge in [-0.05, 0) is 43.9 Å². The molecule has 1 fully saturated rings. The van der Waals surface area contributed by atoms with E-state index < -0.39 is 0 Å². The minimum Gasteiger partial charge on any atom is -0.0853 e. The minimum atomic E-state index is 0.931. The van der Waals surface area contributed by atoms with E-state index in [1.165, 1.54) is 32.1 Å². The van der Waals surface area contributed by atoms with Crippen LogP contribution in [0.5, 0.6) is 0 Å². The molecule has 0 aliphatic heterocycles. The minimum absolute atomic E-state index is 0.931. The molecule has 0 aromatic heterocycles. The van der Waals surface area contributed by atoms with E-state index in [-0.39, 0.29) is 0 Å². The highest BCUT2D eigenvalue weighted by molar-refractivity contribution is 5.05. The number of allylic oxidation sites excluding steroid dienone is 2. The van der Waals surface area contributed by atoms with E-state index in [4.69, 9.17) is 0 Å². The molecule has 1 saturated carbocycles. The molecule has 0 aromatic rings. The molecule has 0 aromatic carbocycles. The molecule has 0 saturated heterocycles. The fourth-order valence-electron chi connectivity index (χ4n) is 2.61. The number of hydrogen-bond donors (Lipinski definition) is 0. The average molecular weight is 194 g/mol. The first-order chi connectivity index (χ1) is 6.58. The van der Waals surface area contributed by atoms with E-state index >= 15 is 0 Å². The van der Waals surface area contributed by atoms with Crippen LogP contribution in [0, 0.1) is 17.8 Å². The fraction of sp³-hybridized carbons (Fsp3) is 0.857. The predicted molar refractivity (Wildman–Crippen MR) is 64.3 cm³/mol. The number of rotatable bonds is 0. The third-order valence-corrected chi connectivity index (χ3v) is 3.50. The Balaban J connectivity index is 0.000000140. The van der Waals surface area contributed by atoms with Crippen LogP contribution in [-0.4, -0.2) is 0 Å². The molecule has 0 heterocycles. The summed E-state index contributed by atoms with van der Waals surface area (Å²) in [5.74, 6) is 2.98. The molecule has 3 unspecified atom stereocenters. The van der Waals surface area contributed by atoms with Gasteiger partial charge in [-0.25, -0.2) is 0 Å². The van der Waals surface area contributed by atoms with Crippen molar-refractivity contribution in [2.75, 3.05) is 0 Å². The van der Waals surface area contributed by atoms with Gasteiger partial charge >= 0.3 is 0 Å². The molecule has 3 atom stereocenters. The van der Waals surface area contributed by atoms with Crippen molar-refractivity contribution in [2.24, 2.45) is 17.8 Å². The summed E-state index contributed by atoms with van der Waals surface area (Å²) in [6.07, 6.45) is 9.40. The van der Waals surface area contributed by atoms with E-state index in [1.807, 2.05) is 0 Å². The van der Waals surface area contributed by atoms with Gasteiger partial charge in [0.25, 0.3) is 0 Å². The quantitative estimate of drug-likeness (QED) is 0.486. The van der Waals surface area contributed by atoms with Gasteiger partial charge in [-0.15, -0.1) is 0 Å². The van der Waals surface area contributed by atoms with Gasteiger partial charge in [0.05, 0.1) is 0 Å². The lowest BCUT2D eigenvalue weighted by molar-refractivity contribution is 0.555. The predicted octanol–water partition coefficient (Wildman–Crippen LogP) is 4.81.